The zero-order chi connectivity index (χ0) is 22.6. The predicted molar refractivity (Wildman–Crippen MR) is 120 cm³/mol. The molecule has 0 bridgehead atoms. The lowest BCUT2D eigenvalue weighted by molar-refractivity contribution is 0.0974. The van der Waals surface area contributed by atoms with Crippen molar-refractivity contribution in [3.05, 3.63) is 54.1 Å². The average Bonchev–Trinajstić information content (AvgIpc) is 2.73. The molecule has 8 nitrogen and oxygen atoms in total. The van der Waals surface area contributed by atoms with Crippen molar-refractivity contribution in [2.24, 2.45) is 5.14 Å². The first-order valence-corrected chi connectivity index (χ1v) is 13.4. The normalized spacial score (nSPS) is 15.7. The summed E-state index contributed by atoms with van der Waals surface area (Å²) in [5, 5.41) is 5.16. The highest BCUT2D eigenvalue weighted by atomic mass is 32.2. The molecule has 2 aromatic carbocycles. The van der Waals surface area contributed by atoms with Crippen LogP contribution in [0.1, 0.15) is 23.2 Å². The van der Waals surface area contributed by atoms with Gasteiger partial charge in [-0.2, -0.15) is 0 Å². The molecular formula is C21H27N3O5S2. The first kappa shape index (κ1) is 23.4. The second kappa shape index (κ2) is 9.47. The molecule has 0 atom stereocenters. The number of benzene rings is 2. The van der Waals surface area contributed by atoms with E-state index in [-0.39, 0.29) is 17.8 Å². The second-order valence-electron chi connectivity index (χ2n) is 7.67. The van der Waals surface area contributed by atoms with Crippen molar-refractivity contribution >= 4 is 31.3 Å². The van der Waals surface area contributed by atoms with Crippen LogP contribution in [0.25, 0.3) is 0 Å². The lowest BCUT2D eigenvalue weighted by Crippen LogP contribution is -2.46. The number of Topliss-reactive ketones (excluding diaryl/α,β-unsaturated/α-hetero) is 1. The van der Waals surface area contributed by atoms with E-state index in [1.807, 2.05) is 18.2 Å². The zero-order valence-electron chi connectivity index (χ0n) is 17.4. The number of carbonyl (C=O) groups excluding carboxylic acids is 1. The zero-order valence-corrected chi connectivity index (χ0v) is 19.0. The van der Waals surface area contributed by atoms with Crippen LogP contribution in [0.3, 0.4) is 0 Å². The monoisotopic (exact) mass is 465 g/mol. The number of ketones is 1. The Kier molecular flexibility index (Phi) is 7.15. The Morgan fingerprint density at radius 3 is 2.16 bits per heavy atom. The van der Waals surface area contributed by atoms with E-state index in [0.29, 0.717) is 6.42 Å². The van der Waals surface area contributed by atoms with Gasteiger partial charge in [-0.05, 0) is 37.2 Å². The van der Waals surface area contributed by atoms with Crippen molar-refractivity contribution in [2.45, 2.75) is 22.6 Å². The Bertz CT molecular complexity index is 1140. The average molecular weight is 466 g/mol. The van der Waals surface area contributed by atoms with Gasteiger partial charge in [-0.1, -0.05) is 24.3 Å². The van der Waals surface area contributed by atoms with Crippen LogP contribution in [0.4, 0.5) is 5.69 Å². The van der Waals surface area contributed by atoms with Crippen molar-refractivity contribution in [3.8, 4) is 0 Å². The summed E-state index contributed by atoms with van der Waals surface area (Å²) in [5.41, 5.74) is 1.35. The highest BCUT2D eigenvalue weighted by Gasteiger charge is 2.23. The Morgan fingerprint density at radius 1 is 0.935 bits per heavy atom. The van der Waals surface area contributed by atoms with Crippen LogP contribution in [-0.4, -0.2) is 66.5 Å². The van der Waals surface area contributed by atoms with E-state index in [1.165, 1.54) is 11.8 Å². The molecule has 1 aliphatic rings. The van der Waals surface area contributed by atoms with Gasteiger partial charge in [0.1, 0.15) is 4.90 Å². The van der Waals surface area contributed by atoms with Crippen LogP contribution in [0, 0.1) is 0 Å². The van der Waals surface area contributed by atoms with Gasteiger partial charge in [0.05, 0.1) is 4.90 Å². The van der Waals surface area contributed by atoms with Crippen LogP contribution < -0.4 is 10.0 Å². The standard InChI is InChI=1S/C21H27N3O5S2/c1-30(26,27)20-10-9-17(16-21(20)31(22,28)29)19(25)8-5-11-23-12-14-24(15-13-23)18-6-3-2-4-7-18/h2-4,6-7,9-10,16H,5,8,11-15H2,1H3,(H2,22,28,29). The molecule has 3 rings (SSSR count). The van der Waals surface area contributed by atoms with Crippen LogP contribution in [-0.2, 0) is 19.9 Å². The van der Waals surface area contributed by atoms with Gasteiger partial charge in [-0.15, -0.1) is 0 Å². The van der Waals surface area contributed by atoms with E-state index in [1.54, 1.807) is 0 Å². The van der Waals surface area contributed by atoms with Crippen molar-refractivity contribution < 1.29 is 21.6 Å². The van der Waals surface area contributed by atoms with Crippen LogP contribution in [0.5, 0.6) is 0 Å². The first-order chi connectivity index (χ1) is 14.6. The Labute approximate surface area is 183 Å². The number of carbonyl (C=O) groups is 1. The number of nitrogens with two attached hydrogens (primary N) is 1. The van der Waals surface area contributed by atoms with E-state index < -0.39 is 29.7 Å². The number of sulfone groups is 1. The minimum Gasteiger partial charge on any atom is -0.369 e. The van der Waals surface area contributed by atoms with Crippen LogP contribution in [0.15, 0.2) is 58.3 Å². The highest BCUT2D eigenvalue weighted by Crippen LogP contribution is 2.22. The lowest BCUT2D eigenvalue weighted by atomic mass is 10.1. The molecule has 0 radical (unpaired) electrons. The molecule has 0 unspecified atom stereocenters. The number of piperazine rings is 1. The molecule has 1 fully saturated rings. The highest BCUT2D eigenvalue weighted by molar-refractivity contribution is 7.93. The summed E-state index contributed by atoms with van der Waals surface area (Å²) >= 11 is 0. The second-order valence-corrected chi connectivity index (χ2v) is 11.2. The molecule has 0 aliphatic carbocycles. The minimum absolute atomic E-state index is 0.144. The molecule has 0 spiro atoms. The van der Waals surface area contributed by atoms with Gasteiger partial charge in [-0.3, -0.25) is 9.69 Å². The predicted octanol–water partition coefficient (Wildman–Crippen LogP) is 1.52. The Balaban J connectivity index is 1.56. The summed E-state index contributed by atoms with van der Waals surface area (Å²) < 4.78 is 47.3. The Morgan fingerprint density at radius 2 is 1.58 bits per heavy atom. The van der Waals surface area contributed by atoms with E-state index in [4.69, 9.17) is 5.14 Å². The van der Waals surface area contributed by atoms with Gasteiger partial charge in [-0.25, -0.2) is 22.0 Å². The summed E-state index contributed by atoms with van der Waals surface area (Å²) in [6.45, 7) is 4.41. The number of hydrogen-bond donors (Lipinski definition) is 1. The molecule has 1 heterocycles. The third-order valence-electron chi connectivity index (χ3n) is 5.34. The maximum absolute atomic E-state index is 12.6. The fourth-order valence-corrected chi connectivity index (χ4v) is 5.87. The molecule has 1 saturated heterocycles. The SMILES string of the molecule is CS(=O)(=O)c1ccc(C(=O)CCCN2CCN(c3ccccc3)CC2)cc1S(N)(=O)=O. The third kappa shape index (κ3) is 6.13. The van der Waals surface area contributed by atoms with Crippen LogP contribution in [0.2, 0.25) is 0 Å². The summed E-state index contributed by atoms with van der Waals surface area (Å²) in [4.78, 5) is 16.2. The number of sulfonamides is 1. The van der Waals surface area contributed by atoms with Gasteiger partial charge < -0.3 is 4.90 Å². The van der Waals surface area contributed by atoms with E-state index >= 15 is 0 Å². The van der Waals surface area contributed by atoms with E-state index in [9.17, 15) is 21.6 Å². The summed E-state index contributed by atoms with van der Waals surface area (Å²) in [7, 11) is -8.08. The fraction of sp³-hybridized carbons (Fsp3) is 0.381. The summed E-state index contributed by atoms with van der Waals surface area (Å²) in [5.74, 6) is -0.243. The van der Waals surface area contributed by atoms with E-state index in [2.05, 4.69) is 21.9 Å². The lowest BCUT2D eigenvalue weighted by Gasteiger charge is -2.36. The third-order valence-corrected chi connectivity index (χ3v) is 7.58. The number of hydrogen-bond acceptors (Lipinski definition) is 7. The van der Waals surface area contributed by atoms with Gasteiger partial charge in [0.2, 0.25) is 10.0 Å². The first-order valence-electron chi connectivity index (χ1n) is 9.98. The van der Waals surface area contributed by atoms with Gasteiger partial charge in [0.25, 0.3) is 0 Å². The maximum atomic E-state index is 12.6. The maximum Gasteiger partial charge on any atom is 0.239 e. The molecule has 168 valence electrons. The summed E-state index contributed by atoms with van der Waals surface area (Å²) in [6, 6.07) is 13.8. The van der Waals surface area contributed by atoms with Crippen molar-refractivity contribution in [2.75, 3.05) is 43.9 Å². The number of para-hydroxylation sites is 1. The number of nitrogens with zero attached hydrogens (tertiary/aromatic N) is 2. The van der Waals surface area contributed by atoms with Crippen LogP contribution >= 0.6 is 0 Å². The van der Waals surface area contributed by atoms with Gasteiger partial charge in [0, 0.05) is 50.1 Å². The van der Waals surface area contributed by atoms with Gasteiger partial charge >= 0.3 is 0 Å². The molecule has 0 saturated carbocycles. The number of rotatable bonds is 8. The molecule has 31 heavy (non-hydrogen) atoms. The Hall–Kier alpha value is -2.27. The molecule has 10 heteroatoms. The van der Waals surface area contributed by atoms with E-state index in [0.717, 1.165) is 51.1 Å². The molecular weight excluding hydrogens is 438 g/mol. The smallest absolute Gasteiger partial charge is 0.239 e. The van der Waals surface area contributed by atoms with Crippen molar-refractivity contribution in [3.63, 3.8) is 0 Å². The molecule has 2 aromatic rings. The molecule has 2 N–H and O–H groups in total. The molecule has 0 amide bonds. The molecule has 1 aliphatic heterocycles. The summed E-state index contributed by atoms with van der Waals surface area (Å²) in [6.07, 6.45) is 1.76. The quantitative estimate of drug-likeness (QED) is 0.587. The molecule has 0 aromatic heterocycles. The number of primary sulfonamides is 1. The fourth-order valence-electron chi connectivity index (χ4n) is 3.69. The topological polar surface area (TPSA) is 118 Å². The minimum atomic E-state index is -4.28. The largest absolute Gasteiger partial charge is 0.369 e. The van der Waals surface area contributed by atoms with Gasteiger partial charge in [0.15, 0.2) is 15.6 Å². The van der Waals surface area contributed by atoms with Crippen molar-refractivity contribution in [1.29, 1.82) is 0 Å². The number of anilines is 1. The van der Waals surface area contributed by atoms with Crippen molar-refractivity contribution in [1.82, 2.24) is 4.90 Å².